The van der Waals surface area contributed by atoms with Crippen molar-refractivity contribution in [2.75, 3.05) is 26.2 Å². The van der Waals surface area contributed by atoms with Crippen LogP contribution in [0.4, 0.5) is 5.69 Å². The number of aromatic nitrogens is 4. The van der Waals surface area contributed by atoms with Gasteiger partial charge in [-0.25, -0.2) is 8.42 Å². The van der Waals surface area contributed by atoms with E-state index in [1.165, 1.54) is 26.8 Å². The van der Waals surface area contributed by atoms with Crippen LogP contribution in [0.1, 0.15) is 30.0 Å². The number of nitrogens with zero attached hydrogens (tertiary/aromatic N) is 7. The van der Waals surface area contributed by atoms with Gasteiger partial charge in [-0.1, -0.05) is 0 Å². The Hall–Kier alpha value is -2.80. The Morgan fingerprint density at radius 1 is 1.17 bits per heavy atom. The van der Waals surface area contributed by atoms with E-state index in [1.807, 2.05) is 0 Å². The van der Waals surface area contributed by atoms with Crippen LogP contribution in [0.25, 0.3) is 0 Å². The number of nitro groups is 1. The van der Waals surface area contributed by atoms with Crippen LogP contribution < -0.4 is 0 Å². The highest BCUT2D eigenvalue weighted by atomic mass is 32.2. The predicted molar refractivity (Wildman–Crippen MR) is 106 cm³/mol. The van der Waals surface area contributed by atoms with Crippen LogP contribution in [0.2, 0.25) is 0 Å². The number of carbonyl (C=O) groups excluding carboxylic acids is 1. The topological polar surface area (TPSA) is 136 Å². The van der Waals surface area contributed by atoms with Gasteiger partial charge in [-0.2, -0.15) is 14.5 Å². The van der Waals surface area contributed by atoms with Crippen molar-refractivity contribution in [3.63, 3.8) is 0 Å². The first-order valence-electron chi connectivity index (χ1n) is 9.44. The maximum atomic E-state index is 12.9. The zero-order valence-electron chi connectivity index (χ0n) is 17.6. The minimum Gasteiger partial charge on any atom is -0.338 e. The molecular formula is C17H25N7O5S. The van der Waals surface area contributed by atoms with Crippen molar-refractivity contribution in [2.45, 2.75) is 38.6 Å². The summed E-state index contributed by atoms with van der Waals surface area (Å²) in [6.07, 6.45) is 1.33. The van der Waals surface area contributed by atoms with Crippen molar-refractivity contribution >= 4 is 21.6 Å². The van der Waals surface area contributed by atoms with Gasteiger partial charge in [0.15, 0.2) is 0 Å². The quantitative estimate of drug-likeness (QED) is 0.490. The smallest absolute Gasteiger partial charge is 0.312 e. The third-order valence-corrected chi connectivity index (χ3v) is 7.55. The molecule has 0 saturated carbocycles. The molecule has 1 unspecified atom stereocenters. The third-order valence-electron chi connectivity index (χ3n) is 5.55. The molecule has 0 aliphatic carbocycles. The highest BCUT2D eigenvalue weighted by molar-refractivity contribution is 7.89. The van der Waals surface area contributed by atoms with Gasteiger partial charge in [0, 0.05) is 33.2 Å². The Morgan fingerprint density at radius 2 is 1.77 bits per heavy atom. The van der Waals surface area contributed by atoms with Crippen molar-refractivity contribution in [3.05, 3.63) is 33.4 Å². The normalized spacial score (nSPS) is 16.6. The number of hydrogen-bond acceptors (Lipinski definition) is 7. The highest BCUT2D eigenvalue weighted by Gasteiger charge is 2.35. The van der Waals surface area contributed by atoms with Crippen molar-refractivity contribution in [1.82, 2.24) is 28.8 Å². The predicted octanol–water partition coefficient (Wildman–Crippen LogP) is 0.544. The molecule has 164 valence electrons. The van der Waals surface area contributed by atoms with Gasteiger partial charge in [0.05, 0.1) is 16.8 Å². The fourth-order valence-electron chi connectivity index (χ4n) is 3.68. The van der Waals surface area contributed by atoms with Crippen LogP contribution in [0.15, 0.2) is 11.1 Å². The molecule has 1 saturated heterocycles. The zero-order chi connectivity index (χ0) is 22.4. The zero-order valence-corrected chi connectivity index (χ0v) is 18.4. The summed E-state index contributed by atoms with van der Waals surface area (Å²) in [5.41, 5.74) is 1.01. The molecule has 0 aromatic carbocycles. The minimum absolute atomic E-state index is 0.0996. The Bertz CT molecular complexity index is 1100. The summed E-state index contributed by atoms with van der Waals surface area (Å²) in [7, 11) is -2.02. The molecule has 2 aromatic heterocycles. The summed E-state index contributed by atoms with van der Waals surface area (Å²) < 4.78 is 30.0. The lowest BCUT2D eigenvalue weighted by molar-refractivity contribution is -0.386. The minimum atomic E-state index is -3.69. The fourth-order valence-corrected chi connectivity index (χ4v) is 5.29. The van der Waals surface area contributed by atoms with Crippen molar-refractivity contribution in [2.24, 2.45) is 7.05 Å². The maximum absolute atomic E-state index is 12.9. The lowest BCUT2D eigenvalue weighted by atomic mass is 10.2. The Kier molecular flexibility index (Phi) is 5.69. The molecule has 1 atom stereocenters. The lowest BCUT2D eigenvalue weighted by Gasteiger charge is -2.35. The molecule has 3 rings (SSSR count). The van der Waals surface area contributed by atoms with E-state index >= 15 is 0 Å². The maximum Gasteiger partial charge on any atom is 0.312 e. The highest BCUT2D eigenvalue weighted by Crippen LogP contribution is 2.26. The first kappa shape index (κ1) is 21.9. The number of rotatable bonds is 5. The summed E-state index contributed by atoms with van der Waals surface area (Å²) in [4.78, 5) is 25.4. The molecular weight excluding hydrogens is 414 g/mol. The largest absolute Gasteiger partial charge is 0.338 e. The van der Waals surface area contributed by atoms with E-state index in [-0.39, 0.29) is 48.4 Å². The monoisotopic (exact) mass is 439 g/mol. The van der Waals surface area contributed by atoms with Gasteiger partial charge >= 0.3 is 5.69 Å². The van der Waals surface area contributed by atoms with E-state index in [1.54, 1.807) is 32.7 Å². The number of sulfonamides is 1. The average Bonchev–Trinajstić information content (AvgIpc) is 3.19. The van der Waals surface area contributed by atoms with Crippen LogP contribution in [0.5, 0.6) is 0 Å². The van der Waals surface area contributed by atoms with E-state index < -0.39 is 21.0 Å². The molecule has 1 aliphatic heterocycles. The molecule has 0 N–H and O–H groups in total. The lowest BCUT2D eigenvalue weighted by Crippen LogP contribution is -2.52. The third kappa shape index (κ3) is 3.58. The molecule has 12 nitrogen and oxygen atoms in total. The first-order chi connectivity index (χ1) is 14.0. The van der Waals surface area contributed by atoms with Gasteiger partial charge < -0.3 is 4.90 Å². The van der Waals surface area contributed by atoms with Crippen molar-refractivity contribution in [1.29, 1.82) is 0 Å². The van der Waals surface area contributed by atoms with E-state index in [4.69, 9.17) is 0 Å². The first-order valence-corrected chi connectivity index (χ1v) is 10.9. The molecule has 0 bridgehead atoms. The van der Waals surface area contributed by atoms with Gasteiger partial charge in [0.1, 0.15) is 22.3 Å². The second kappa shape index (κ2) is 7.80. The molecule has 3 heterocycles. The van der Waals surface area contributed by atoms with E-state index in [2.05, 4.69) is 10.2 Å². The molecule has 13 heteroatoms. The fraction of sp³-hybridized carbons (Fsp3) is 0.588. The average molecular weight is 439 g/mol. The van der Waals surface area contributed by atoms with Crippen LogP contribution in [-0.2, 0) is 21.9 Å². The Labute approximate surface area is 174 Å². The van der Waals surface area contributed by atoms with Crippen molar-refractivity contribution < 1.29 is 18.1 Å². The summed E-state index contributed by atoms with van der Waals surface area (Å²) in [6, 6.07) is -0.735. The molecule has 1 fully saturated rings. The molecule has 1 aliphatic rings. The van der Waals surface area contributed by atoms with Gasteiger partial charge in [-0.05, 0) is 27.7 Å². The van der Waals surface area contributed by atoms with Crippen LogP contribution in [-0.4, -0.2) is 74.2 Å². The van der Waals surface area contributed by atoms with Crippen molar-refractivity contribution in [3.8, 4) is 0 Å². The number of amides is 1. The summed E-state index contributed by atoms with van der Waals surface area (Å²) in [5.74, 6) is -0.259. The number of aryl methyl sites for hydroxylation is 2. The van der Waals surface area contributed by atoms with Gasteiger partial charge in [-0.3, -0.25) is 24.3 Å². The number of piperazine rings is 1. The summed E-state index contributed by atoms with van der Waals surface area (Å²) in [6.45, 7) is 7.18. The number of hydrogen-bond donors (Lipinski definition) is 0. The standard InChI is InChI=1S/C17H25N7O5S/c1-11-16(24(26)27)13(3)23(19-11)14(4)17(25)21-6-8-22(9-7-21)30(28,29)15-10-18-20(5)12(15)2/h10,14H,6-9H2,1-5H3. The molecule has 0 radical (unpaired) electrons. The van der Waals surface area contributed by atoms with E-state index in [0.717, 1.165) is 0 Å². The van der Waals surface area contributed by atoms with Gasteiger partial charge in [-0.15, -0.1) is 0 Å². The number of carbonyl (C=O) groups is 1. The van der Waals surface area contributed by atoms with Gasteiger partial charge in [0.2, 0.25) is 15.9 Å². The Balaban J connectivity index is 1.72. The Morgan fingerprint density at radius 3 is 2.23 bits per heavy atom. The summed E-state index contributed by atoms with van der Waals surface area (Å²) >= 11 is 0. The molecule has 30 heavy (non-hydrogen) atoms. The second-order valence-corrected chi connectivity index (χ2v) is 9.25. The van der Waals surface area contributed by atoms with E-state index in [0.29, 0.717) is 11.4 Å². The molecule has 0 spiro atoms. The summed E-state index contributed by atoms with van der Waals surface area (Å²) in [5, 5.41) is 19.4. The molecule has 1 amide bonds. The molecule has 2 aromatic rings. The van der Waals surface area contributed by atoms with E-state index in [9.17, 15) is 23.3 Å². The van der Waals surface area contributed by atoms with Crippen LogP contribution >= 0.6 is 0 Å². The SMILES string of the molecule is Cc1nn(C(C)C(=O)N2CCN(S(=O)(=O)c3cnn(C)c3C)CC2)c(C)c1[N+](=O)[O-]. The second-order valence-electron chi connectivity index (χ2n) is 7.34. The van der Waals surface area contributed by atoms with Gasteiger partial charge in [0.25, 0.3) is 0 Å². The van der Waals surface area contributed by atoms with Crippen LogP contribution in [0, 0.1) is 30.9 Å². The van der Waals surface area contributed by atoms with Crippen LogP contribution in [0.3, 0.4) is 0 Å².